The van der Waals surface area contributed by atoms with E-state index in [0.717, 1.165) is 19.5 Å². The van der Waals surface area contributed by atoms with Crippen LogP contribution in [0.5, 0.6) is 0 Å². The van der Waals surface area contributed by atoms with Crippen molar-refractivity contribution in [2.75, 3.05) is 33.7 Å². The van der Waals surface area contributed by atoms with Gasteiger partial charge < -0.3 is 4.90 Å². The third-order valence-electron chi connectivity index (χ3n) is 4.32. The molecule has 0 amide bonds. The van der Waals surface area contributed by atoms with Gasteiger partial charge in [0, 0.05) is 25.2 Å². The molecule has 108 valence electrons. The van der Waals surface area contributed by atoms with Crippen LogP contribution in [0.4, 0.5) is 0 Å². The van der Waals surface area contributed by atoms with E-state index < -0.39 is 0 Å². The van der Waals surface area contributed by atoms with Crippen molar-refractivity contribution in [3.63, 3.8) is 0 Å². The van der Waals surface area contributed by atoms with Gasteiger partial charge in [0.2, 0.25) is 0 Å². The molecule has 0 aromatic rings. The minimum absolute atomic E-state index is 0.341. The van der Waals surface area contributed by atoms with Crippen LogP contribution in [0.1, 0.15) is 39.0 Å². The second-order valence-corrected chi connectivity index (χ2v) is 6.71. The van der Waals surface area contributed by atoms with Crippen LogP contribution in [0, 0.1) is 11.3 Å². The Morgan fingerprint density at radius 2 is 2.11 bits per heavy atom. The summed E-state index contributed by atoms with van der Waals surface area (Å²) in [6, 6.07) is 3.76. The molecule has 19 heavy (non-hydrogen) atoms. The summed E-state index contributed by atoms with van der Waals surface area (Å²) in [6.07, 6.45) is 6.02. The van der Waals surface area contributed by atoms with Crippen molar-refractivity contribution in [3.8, 4) is 6.07 Å². The Bertz CT molecular complexity index is 332. The van der Waals surface area contributed by atoms with Crippen LogP contribution in [0.3, 0.4) is 0 Å². The van der Waals surface area contributed by atoms with Gasteiger partial charge in [-0.25, -0.2) is 0 Å². The number of likely N-dealkylation sites (N-methyl/N-ethyl adjacent to an activating group) is 1. The van der Waals surface area contributed by atoms with Crippen molar-refractivity contribution in [1.82, 2.24) is 15.1 Å². The SMILES string of the molecule is CN(C)CC1CCCN1CCC(C)(C#N)NC1CC1. The Morgan fingerprint density at radius 3 is 2.68 bits per heavy atom. The van der Waals surface area contributed by atoms with E-state index >= 15 is 0 Å². The summed E-state index contributed by atoms with van der Waals surface area (Å²) in [7, 11) is 4.29. The predicted octanol–water partition coefficient (Wildman–Crippen LogP) is 1.44. The lowest BCUT2D eigenvalue weighted by Crippen LogP contribution is -2.46. The van der Waals surface area contributed by atoms with Gasteiger partial charge >= 0.3 is 0 Å². The summed E-state index contributed by atoms with van der Waals surface area (Å²) >= 11 is 0. The predicted molar refractivity (Wildman–Crippen MR) is 77.9 cm³/mol. The van der Waals surface area contributed by atoms with E-state index in [1.54, 1.807) is 0 Å². The van der Waals surface area contributed by atoms with Gasteiger partial charge in [0.1, 0.15) is 5.54 Å². The maximum Gasteiger partial charge on any atom is 0.105 e. The molecule has 0 radical (unpaired) electrons. The zero-order valence-electron chi connectivity index (χ0n) is 12.7. The molecule has 0 aromatic heterocycles. The highest BCUT2D eigenvalue weighted by Gasteiger charge is 2.34. The van der Waals surface area contributed by atoms with Crippen LogP contribution in [-0.2, 0) is 0 Å². The maximum atomic E-state index is 9.41. The molecule has 2 rings (SSSR count). The monoisotopic (exact) mass is 264 g/mol. The lowest BCUT2D eigenvalue weighted by Gasteiger charge is -2.30. The Labute approximate surface area is 117 Å². The molecule has 1 heterocycles. The average Bonchev–Trinajstić information content (AvgIpc) is 3.05. The molecule has 1 saturated carbocycles. The van der Waals surface area contributed by atoms with Crippen molar-refractivity contribution in [2.24, 2.45) is 0 Å². The Kier molecular flexibility index (Phi) is 4.83. The molecule has 4 nitrogen and oxygen atoms in total. The zero-order valence-corrected chi connectivity index (χ0v) is 12.7. The smallest absolute Gasteiger partial charge is 0.105 e. The van der Waals surface area contributed by atoms with Gasteiger partial charge in [-0.3, -0.25) is 10.2 Å². The van der Waals surface area contributed by atoms with E-state index in [1.165, 1.54) is 32.2 Å². The van der Waals surface area contributed by atoms with E-state index in [2.05, 4.69) is 42.2 Å². The van der Waals surface area contributed by atoms with Crippen LogP contribution in [0.25, 0.3) is 0 Å². The van der Waals surface area contributed by atoms with Gasteiger partial charge in [-0.1, -0.05) is 0 Å². The van der Waals surface area contributed by atoms with Gasteiger partial charge in [-0.05, 0) is 59.7 Å². The largest absolute Gasteiger partial charge is 0.308 e. The number of rotatable bonds is 7. The number of nitrogens with one attached hydrogen (secondary N) is 1. The fourth-order valence-corrected chi connectivity index (χ4v) is 3.02. The quantitative estimate of drug-likeness (QED) is 0.755. The van der Waals surface area contributed by atoms with Gasteiger partial charge in [0.15, 0.2) is 0 Å². The first kappa shape index (κ1) is 14.8. The van der Waals surface area contributed by atoms with Crippen molar-refractivity contribution in [2.45, 2.75) is 56.7 Å². The van der Waals surface area contributed by atoms with Crippen LogP contribution >= 0.6 is 0 Å². The number of nitriles is 1. The standard InChI is InChI=1S/C15H28N4/c1-15(12-16,17-13-6-7-13)8-10-19-9-4-5-14(19)11-18(2)3/h13-14,17H,4-11H2,1-3H3. The third-order valence-corrected chi connectivity index (χ3v) is 4.32. The van der Waals surface area contributed by atoms with E-state index in [9.17, 15) is 5.26 Å². The van der Waals surface area contributed by atoms with E-state index in [1.807, 2.05) is 0 Å². The number of likely N-dealkylation sites (tertiary alicyclic amines) is 1. The van der Waals surface area contributed by atoms with Crippen LogP contribution < -0.4 is 5.32 Å². The molecule has 1 N–H and O–H groups in total. The lowest BCUT2D eigenvalue weighted by molar-refractivity contribution is 0.193. The second kappa shape index (κ2) is 6.21. The molecule has 2 unspecified atom stereocenters. The molecule has 0 spiro atoms. The molecule has 2 aliphatic rings. The van der Waals surface area contributed by atoms with Crippen LogP contribution in [-0.4, -0.2) is 61.2 Å². The average molecular weight is 264 g/mol. The van der Waals surface area contributed by atoms with Crippen molar-refractivity contribution >= 4 is 0 Å². The molecule has 4 heteroatoms. The van der Waals surface area contributed by atoms with Crippen molar-refractivity contribution < 1.29 is 0 Å². The molecule has 1 saturated heterocycles. The molecule has 0 aromatic carbocycles. The highest BCUT2D eigenvalue weighted by molar-refractivity contribution is 5.07. The lowest BCUT2D eigenvalue weighted by atomic mass is 9.99. The van der Waals surface area contributed by atoms with E-state index in [4.69, 9.17) is 0 Å². The molecule has 0 bridgehead atoms. The zero-order chi connectivity index (χ0) is 13.9. The molecular formula is C15H28N4. The van der Waals surface area contributed by atoms with Gasteiger partial charge in [-0.2, -0.15) is 5.26 Å². The molecule has 2 fully saturated rings. The summed E-state index contributed by atoms with van der Waals surface area (Å²) in [5.41, 5.74) is -0.341. The Morgan fingerprint density at radius 1 is 1.37 bits per heavy atom. The Hall–Kier alpha value is -0.630. The fourth-order valence-electron chi connectivity index (χ4n) is 3.02. The second-order valence-electron chi connectivity index (χ2n) is 6.71. The molecular weight excluding hydrogens is 236 g/mol. The minimum Gasteiger partial charge on any atom is -0.308 e. The highest BCUT2D eigenvalue weighted by Crippen LogP contribution is 2.25. The summed E-state index contributed by atoms with van der Waals surface area (Å²) in [5, 5.41) is 12.9. The Balaban J connectivity index is 1.80. The maximum absolute atomic E-state index is 9.41. The number of hydrogen-bond acceptors (Lipinski definition) is 4. The first-order chi connectivity index (χ1) is 9.02. The summed E-state index contributed by atoms with van der Waals surface area (Å²) in [5.74, 6) is 0. The van der Waals surface area contributed by atoms with Gasteiger partial charge in [0.25, 0.3) is 0 Å². The summed E-state index contributed by atoms with van der Waals surface area (Å²) in [4.78, 5) is 4.85. The number of hydrogen-bond donors (Lipinski definition) is 1. The summed E-state index contributed by atoms with van der Waals surface area (Å²) in [6.45, 7) is 5.44. The van der Waals surface area contributed by atoms with Gasteiger partial charge in [-0.15, -0.1) is 0 Å². The first-order valence-corrected chi connectivity index (χ1v) is 7.60. The topological polar surface area (TPSA) is 42.3 Å². The van der Waals surface area contributed by atoms with Gasteiger partial charge in [0.05, 0.1) is 6.07 Å². The minimum atomic E-state index is -0.341. The van der Waals surface area contributed by atoms with Crippen molar-refractivity contribution in [1.29, 1.82) is 5.26 Å². The molecule has 1 aliphatic carbocycles. The number of nitrogens with zero attached hydrogens (tertiary/aromatic N) is 3. The third kappa shape index (κ3) is 4.45. The highest BCUT2D eigenvalue weighted by atomic mass is 15.2. The normalized spacial score (nSPS) is 27.4. The summed E-state index contributed by atoms with van der Waals surface area (Å²) < 4.78 is 0. The molecule has 1 aliphatic heterocycles. The van der Waals surface area contributed by atoms with E-state index in [0.29, 0.717) is 12.1 Å². The fraction of sp³-hybridized carbons (Fsp3) is 0.933. The molecule has 2 atom stereocenters. The van der Waals surface area contributed by atoms with Crippen LogP contribution in [0.2, 0.25) is 0 Å². The first-order valence-electron chi connectivity index (χ1n) is 7.60. The van der Waals surface area contributed by atoms with Crippen LogP contribution in [0.15, 0.2) is 0 Å². The van der Waals surface area contributed by atoms with Crippen molar-refractivity contribution in [3.05, 3.63) is 0 Å². The van der Waals surface area contributed by atoms with E-state index in [-0.39, 0.29) is 5.54 Å².